The largest absolute Gasteiger partial charge is 0.497 e. The van der Waals surface area contributed by atoms with E-state index in [4.69, 9.17) is 9.15 Å². The zero-order valence-electron chi connectivity index (χ0n) is 17.4. The molecule has 158 valence electrons. The van der Waals surface area contributed by atoms with E-state index in [1.54, 1.807) is 13.2 Å². The summed E-state index contributed by atoms with van der Waals surface area (Å²) in [6.07, 6.45) is 1.87. The Hall–Kier alpha value is -4.39. The molecule has 3 aromatic carbocycles. The number of nitrogens with zero attached hydrogens (tertiary/aromatic N) is 3. The van der Waals surface area contributed by atoms with Crippen LogP contribution in [0.3, 0.4) is 0 Å². The molecule has 0 atom stereocenters. The van der Waals surface area contributed by atoms with Crippen LogP contribution in [-0.2, 0) is 11.3 Å². The first-order valence-corrected chi connectivity index (χ1v) is 10.1. The van der Waals surface area contributed by atoms with Crippen LogP contribution in [0.25, 0.3) is 33.8 Å². The molecule has 2 heterocycles. The van der Waals surface area contributed by atoms with E-state index in [-0.39, 0.29) is 12.5 Å². The molecule has 0 fully saturated rings. The van der Waals surface area contributed by atoms with Gasteiger partial charge in [-0.25, -0.2) is 0 Å². The van der Waals surface area contributed by atoms with E-state index in [0.717, 1.165) is 22.0 Å². The Balaban J connectivity index is 1.44. The van der Waals surface area contributed by atoms with Gasteiger partial charge in [0.2, 0.25) is 17.7 Å². The number of ether oxygens (including phenoxy) is 1. The topological polar surface area (TPSA) is 82.2 Å². The molecular formula is C25H20N4O3. The molecule has 0 spiro atoms. The quantitative estimate of drug-likeness (QED) is 0.415. The fourth-order valence-electron chi connectivity index (χ4n) is 3.63. The normalized spacial score (nSPS) is 10.9. The van der Waals surface area contributed by atoms with Crippen molar-refractivity contribution in [3.8, 4) is 28.7 Å². The Labute approximate surface area is 184 Å². The maximum absolute atomic E-state index is 12.7. The Bertz CT molecular complexity index is 1390. The Morgan fingerprint density at radius 1 is 0.969 bits per heavy atom. The highest BCUT2D eigenvalue weighted by Crippen LogP contribution is 2.31. The highest BCUT2D eigenvalue weighted by molar-refractivity contribution is 5.96. The minimum absolute atomic E-state index is 0.136. The molecule has 0 aliphatic carbocycles. The van der Waals surface area contributed by atoms with Crippen molar-refractivity contribution in [2.75, 3.05) is 12.4 Å². The molecule has 0 bridgehead atoms. The number of carbonyl (C=O) groups excluding carboxylic acids is 1. The van der Waals surface area contributed by atoms with Crippen LogP contribution in [0.4, 0.5) is 5.69 Å². The molecule has 2 aromatic heterocycles. The van der Waals surface area contributed by atoms with Crippen LogP contribution in [0.15, 0.2) is 89.5 Å². The summed E-state index contributed by atoms with van der Waals surface area (Å²) in [5.41, 5.74) is 3.22. The number of methoxy groups -OCH3 is 1. The molecule has 1 N–H and O–H groups in total. The van der Waals surface area contributed by atoms with E-state index in [1.807, 2.05) is 83.6 Å². The standard InChI is InChI=1S/C25H20N4O3/c1-31-19-11-7-10-18(14-19)26-23(30)16-29-15-21(20-12-5-6-13-22(20)29)25-28-27-24(32-25)17-8-3-2-4-9-17/h2-15H,16H2,1H3,(H,26,30). The number of para-hydroxylation sites is 1. The van der Waals surface area contributed by atoms with Gasteiger partial charge in [-0.1, -0.05) is 42.5 Å². The number of hydrogen-bond acceptors (Lipinski definition) is 5. The van der Waals surface area contributed by atoms with Crippen molar-refractivity contribution in [1.82, 2.24) is 14.8 Å². The molecule has 0 radical (unpaired) electrons. The minimum Gasteiger partial charge on any atom is -0.497 e. The van der Waals surface area contributed by atoms with Crippen molar-refractivity contribution in [1.29, 1.82) is 0 Å². The van der Waals surface area contributed by atoms with Gasteiger partial charge in [0.25, 0.3) is 0 Å². The molecule has 7 nitrogen and oxygen atoms in total. The van der Waals surface area contributed by atoms with E-state index in [9.17, 15) is 4.79 Å². The number of carbonyl (C=O) groups is 1. The summed E-state index contributed by atoms with van der Waals surface area (Å²) in [5.74, 6) is 1.39. The Morgan fingerprint density at radius 2 is 1.75 bits per heavy atom. The fourth-order valence-corrected chi connectivity index (χ4v) is 3.63. The SMILES string of the molecule is COc1cccc(NC(=O)Cn2cc(-c3nnc(-c4ccccc4)o3)c3ccccc32)c1. The van der Waals surface area contributed by atoms with Crippen LogP contribution in [0.5, 0.6) is 5.75 Å². The number of amides is 1. The lowest BCUT2D eigenvalue weighted by Crippen LogP contribution is -2.18. The second-order valence-electron chi connectivity index (χ2n) is 7.25. The number of rotatable bonds is 6. The molecule has 7 heteroatoms. The zero-order chi connectivity index (χ0) is 21.9. The Kier molecular flexibility index (Phi) is 5.13. The number of nitrogens with one attached hydrogen (secondary N) is 1. The molecule has 0 unspecified atom stereocenters. The van der Waals surface area contributed by atoms with Crippen molar-refractivity contribution < 1.29 is 13.9 Å². The predicted octanol–water partition coefficient (Wildman–Crippen LogP) is 5.01. The molecule has 0 aliphatic heterocycles. The summed E-state index contributed by atoms with van der Waals surface area (Å²) in [7, 11) is 1.59. The van der Waals surface area contributed by atoms with Gasteiger partial charge in [-0.05, 0) is 30.3 Å². The maximum atomic E-state index is 12.7. The molecule has 0 saturated heterocycles. The van der Waals surface area contributed by atoms with Gasteiger partial charge >= 0.3 is 0 Å². The molecular weight excluding hydrogens is 404 g/mol. The second-order valence-corrected chi connectivity index (χ2v) is 7.25. The molecule has 1 amide bonds. The summed E-state index contributed by atoms with van der Waals surface area (Å²) in [6.45, 7) is 0.136. The van der Waals surface area contributed by atoms with Gasteiger partial charge in [0, 0.05) is 34.4 Å². The first kappa shape index (κ1) is 19.6. The first-order valence-electron chi connectivity index (χ1n) is 10.1. The van der Waals surface area contributed by atoms with Gasteiger partial charge in [-0.3, -0.25) is 4.79 Å². The van der Waals surface area contributed by atoms with E-state index in [0.29, 0.717) is 23.2 Å². The number of hydrogen-bond donors (Lipinski definition) is 1. The van der Waals surface area contributed by atoms with Crippen LogP contribution in [0, 0.1) is 0 Å². The van der Waals surface area contributed by atoms with Gasteiger partial charge in [0.1, 0.15) is 12.3 Å². The second kappa shape index (κ2) is 8.39. The van der Waals surface area contributed by atoms with E-state index >= 15 is 0 Å². The van der Waals surface area contributed by atoms with Gasteiger partial charge in [0.15, 0.2) is 0 Å². The van der Waals surface area contributed by atoms with Crippen molar-refractivity contribution in [3.05, 3.63) is 85.1 Å². The molecule has 0 saturated carbocycles. The maximum Gasteiger partial charge on any atom is 0.250 e. The van der Waals surface area contributed by atoms with Gasteiger partial charge in [-0.15, -0.1) is 10.2 Å². The van der Waals surface area contributed by atoms with E-state index in [1.165, 1.54) is 0 Å². The lowest BCUT2D eigenvalue weighted by atomic mass is 10.2. The smallest absolute Gasteiger partial charge is 0.250 e. The van der Waals surface area contributed by atoms with Crippen molar-refractivity contribution in [2.24, 2.45) is 0 Å². The third-order valence-electron chi connectivity index (χ3n) is 5.13. The average molecular weight is 424 g/mol. The van der Waals surface area contributed by atoms with Crippen molar-refractivity contribution in [2.45, 2.75) is 6.54 Å². The van der Waals surface area contributed by atoms with Gasteiger partial charge < -0.3 is 19.0 Å². The van der Waals surface area contributed by atoms with Crippen LogP contribution in [0.2, 0.25) is 0 Å². The third-order valence-corrected chi connectivity index (χ3v) is 5.13. The summed E-state index contributed by atoms with van der Waals surface area (Å²) < 4.78 is 13.1. The molecule has 5 rings (SSSR count). The van der Waals surface area contributed by atoms with Crippen LogP contribution in [-0.4, -0.2) is 27.8 Å². The minimum atomic E-state index is -0.152. The molecule has 5 aromatic rings. The molecule has 32 heavy (non-hydrogen) atoms. The summed E-state index contributed by atoms with van der Waals surface area (Å²) in [6, 6.07) is 24.7. The predicted molar refractivity (Wildman–Crippen MR) is 122 cm³/mol. The lowest BCUT2D eigenvalue weighted by Gasteiger charge is -2.08. The van der Waals surface area contributed by atoms with Crippen LogP contribution >= 0.6 is 0 Å². The fraction of sp³-hybridized carbons (Fsp3) is 0.0800. The highest BCUT2D eigenvalue weighted by atomic mass is 16.5. The number of anilines is 1. The first-order chi connectivity index (χ1) is 15.7. The summed E-state index contributed by atoms with van der Waals surface area (Å²) in [4.78, 5) is 12.7. The summed E-state index contributed by atoms with van der Waals surface area (Å²) >= 11 is 0. The van der Waals surface area contributed by atoms with Gasteiger partial charge in [0.05, 0.1) is 12.7 Å². The Morgan fingerprint density at radius 3 is 2.59 bits per heavy atom. The van der Waals surface area contributed by atoms with E-state index < -0.39 is 0 Å². The van der Waals surface area contributed by atoms with Crippen molar-refractivity contribution >= 4 is 22.5 Å². The summed E-state index contributed by atoms with van der Waals surface area (Å²) in [5, 5.41) is 12.3. The zero-order valence-corrected chi connectivity index (χ0v) is 17.4. The third kappa shape index (κ3) is 3.83. The number of fused-ring (bicyclic) bond motifs is 1. The van der Waals surface area contributed by atoms with Gasteiger partial charge in [-0.2, -0.15) is 0 Å². The van der Waals surface area contributed by atoms with Crippen molar-refractivity contribution in [3.63, 3.8) is 0 Å². The average Bonchev–Trinajstić information content (AvgIpc) is 3.45. The molecule has 0 aliphatic rings. The van der Waals surface area contributed by atoms with E-state index in [2.05, 4.69) is 15.5 Å². The number of aromatic nitrogens is 3. The van der Waals surface area contributed by atoms with Crippen LogP contribution in [0.1, 0.15) is 0 Å². The van der Waals surface area contributed by atoms with Crippen LogP contribution < -0.4 is 10.1 Å². The number of benzene rings is 3. The highest BCUT2D eigenvalue weighted by Gasteiger charge is 2.17. The lowest BCUT2D eigenvalue weighted by molar-refractivity contribution is -0.116. The monoisotopic (exact) mass is 424 g/mol.